The van der Waals surface area contributed by atoms with E-state index in [4.69, 9.17) is 0 Å². The Bertz CT molecular complexity index is 705. The van der Waals surface area contributed by atoms with Gasteiger partial charge in [-0.1, -0.05) is 0 Å². The van der Waals surface area contributed by atoms with E-state index in [1.807, 2.05) is 0 Å². The highest BCUT2D eigenvalue weighted by atomic mass is 19.4. The molecule has 112 valence electrons. The second-order valence-corrected chi connectivity index (χ2v) is 4.11. The molecule has 2 heterocycles. The van der Waals surface area contributed by atoms with Crippen molar-refractivity contribution in [3.63, 3.8) is 0 Å². The van der Waals surface area contributed by atoms with Gasteiger partial charge in [0.15, 0.2) is 0 Å². The molecule has 0 aromatic carbocycles. The van der Waals surface area contributed by atoms with Crippen molar-refractivity contribution in [2.24, 2.45) is 7.05 Å². The highest BCUT2D eigenvalue weighted by molar-refractivity contribution is 5.90. The van der Waals surface area contributed by atoms with E-state index in [9.17, 15) is 22.8 Å². The smallest absolute Gasteiger partial charge is 0.323 e. The van der Waals surface area contributed by atoms with E-state index in [-0.39, 0.29) is 0 Å². The summed E-state index contributed by atoms with van der Waals surface area (Å²) in [7, 11) is 0.938. The molecule has 0 atom stereocenters. The average molecular weight is 301 g/mol. The first kappa shape index (κ1) is 14.8. The second-order valence-electron chi connectivity index (χ2n) is 4.11. The van der Waals surface area contributed by atoms with Crippen LogP contribution < -0.4 is 11.0 Å². The number of anilines is 1. The third-order valence-corrected chi connectivity index (χ3v) is 2.53. The Kier molecular flexibility index (Phi) is 3.78. The van der Waals surface area contributed by atoms with Crippen LogP contribution in [0, 0.1) is 0 Å². The maximum Gasteiger partial charge on any atom is 0.451 e. The van der Waals surface area contributed by atoms with Crippen LogP contribution in [-0.4, -0.2) is 25.2 Å². The lowest BCUT2D eigenvalue weighted by atomic mass is 10.4. The molecule has 0 aliphatic carbocycles. The molecular weight excluding hydrogens is 291 g/mol. The molecule has 1 N–H and O–H groups in total. The minimum absolute atomic E-state index is 0.345. The largest absolute Gasteiger partial charge is 0.451 e. The maximum atomic E-state index is 12.6. The van der Waals surface area contributed by atoms with Gasteiger partial charge in [0.05, 0.1) is 11.9 Å². The number of aromatic nitrogens is 4. The topological polar surface area (TPSA) is 81.8 Å². The first-order valence-electron chi connectivity index (χ1n) is 5.70. The summed E-state index contributed by atoms with van der Waals surface area (Å²) in [6, 6.07) is 3.12. The molecule has 2 aromatic rings. The fraction of sp³-hybridized carbons (Fsp3) is 0.273. The van der Waals surface area contributed by atoms with Crippen molar-refractivity contribution in [1.29, 1.82) is 0 Å². The Morgan fingerprint density at radius 3 is 2.67 bits per heavy atom. The van der Waals surface area contributed by atoms with Crippen LogP contribution in [0.1, 0.15) is 5.82 Å². The predicted molar refractivity (Wildman–Crippen MR) is 65.3 cm³/mol. The molecule has 0 aliphatic heterocycles. The Labute approximate surface area is 116 Å². The number of carbonyl (C=O) groups is 1. The van der Waals surface area contributed by atoms with Gasteiger partial charge in [0.25, 0.3) is 0 Å². The van der Waals surface area contributed by atoms with Gasteiger partial charge >= 0.3 is 11.9 Å². The number of nitrogens with zero attached hydrogens (tertiary/aromatic N) is 4. The van der Waals surface area contributed by atoms with Crippen LogP contribution in [0.4, 0.5) is 18.9 Å². The Morgan fingerprint density at radius 1 is 1.43 bits per heavy atom. The SMILES string of the molecule is Cn1c(C(F)(F)F)nn(CC(=O)Nc2cccnc2)c1=O. The number of hydrogen-bond donors (Lipinski definition) is 1. The van der Waals surface area contributed by atoms with E-state index >= 15 is 0 Å². The van der Waals surface area contributed by atoms with E-state index in [0.29, 0.717) is 14.9 Å². The number of nitrogens with one attached hydrogen (secondary N) is 1. The number of alkyl halides is 3. The number of amides is 1. The summed E-state index contributed by atoms with van der Waals surface area (Å²) in [6.07, 6.45) is -1.91. The second kappa shape index (κ2) is 5.38. The molecule has 0 unspecified atom stereocenters. The summed E-state index contributed by atoms with van der Waals surface area (Å²) >= 11 is 0. The highest BCUT2D eigenvalue weighted by Crippen LogP contribution is 2.25. The van der Waals surface area contributed by atoms with E-state index < -0.39 is 30.1 Å². The predicted octanol–water partition coefficient (Wildman–Crippen LogP) is 0.634. The van der Waals surface area contributed by atoms with Gasteiger partial charge in [0.1, 0.15) is 6.54 Å². The van der Waals surface area contributed by atoms with Crippen LogP contribution in [-0.2, 0) is 24.6 Å². The molecule has 1 amide bonds. The zero-order chi connectivity index (χ0) is 15.6. The number of pyridine rings is 1. The molecule has 0 aliphatic rings. The first-order valence-corrected chi connectivity index (χ1v) is 5.70. The van der Waals surface area contributed by atoms with E-state index in [1.165, 1.54) is 12.4 Å². The van der Waals surface area contributed by atoms with Crippen LogP contribution in [0.3, 0.4) is 0 Å². The third kappa shape index (κ3) is 3.27. The highest BCUT2D eigenvalue weighted by Gasteiger charge is 2.38. The summed E-state index contributed by atoms with van der Waals surface area (Å²) in [6.45, 7) is -0.627. The number of carbonyl (C=O) groups excluding carboxylic acids is 1. The zero-order valence-corrected chi connectivity index (χ0v) is 10.8. The van der Waals surface area contributed by atoms with E-state index in [2.05, 4.69) is 15.4 Å². The van der Waals surface area contributed by atoms with Gasteiger partial charge in [0, 0.05) is 13.2 Å². The molecule has 0 radical (unpaired) electrons. The van der Waals surface area contributed by atoms with Crippen molar-refractivity contribution < 1.29 is 18.0 Å². The van der Waals surface area contributed by atoms with Crippen molar-refractivity contribution in [2.45, 2.75) is 12.7 Å². The van der Waals surface area contributed by atoms with Crippen LogP contribution in [0.15, 0.2) is 29.3 Å². The molecule has 0 spiro atoms. The molecule has 2 rings (SSSR count). The Morgan fingerprint density at radius 2 is 2.14 bits per heavy atom. The monoisotopic (exact) mass is 301 g/mol. The van der Waals surface area contributed by atoms with Crippen LogP contribution in [0.25, 0.3) is 0 Å². The standard InChI is InChI=1S/C11H10F3N5O2/c1-18-9(11(12,13)14)17-19(10(18)21)6-8(20)16-7-3-2-4-15-5-7/h2-5H,6H2,1H3,(H,16,20). The van der Waals surface area contributed by atoms with Crippen molar-refractivity contribution in [3.05, 3.63) is 40.8 Å². The van der Waals surface area contributed by atoms with Crippen LogP contribution >= 0.6 is 0 Å². The molecule has 7 nitrogen and oxygen atoms in total. The first-order chi connectivity index (χ1) is 9.79. The molecule has 0 saturated heterocycles. The van der Waals surface area contributed by atoms with Gasteiger partial charge in [-0.25, -0.2) is 9.48 Å². The fourth-order valence-corrected chi connectivity index (χ4v) is 1.61. The van der Waals surface area contributed by atoms with Gasteiger partial charge in [-0.05, 0) is 12.1 Å². The van der Waals surface area contributed by atoms with Crippen molar-refractivity contribution in [1.82, 2.24) is 19.3 Å². The summed E-state index contributed by atoms with van der Waals surface area (Å²) in [5.41, 5.74) is -0.661. The molecule has 21 heavy (non-hydrogen) atoms. The lowest BCUT2D eigenvalue weighted by molar-refractivity contribution is -0.147. The third-order valence-electron chi connectivity index (χ3n) is 2.53. The van der Waals surface area contributed by atoms with Gasteiger partial charge in [-0.3, -0.25) is 14.3 Å². The van der Waals surface area contributed by atoms with Crippen LogP contribution in [0.5, 0.6) is 0 Å². The number of rotatable bonds is 3. The van der Waals surface area contributed by atoms with E-state index in [1.54, 1.807) is 12.1 Å². The summed E-state index contributed by atoms with van der Waals surface area (Å²) in [5.74, 6) is -2.04. The van der Waals surface area contributed by atoms with Gasteiger partial charge in [0.2, 0.25) is 11.7 Å². The minimum atomic E-state index is -4.76. The van der Waals surface area contributed by atoms with Gasteiger partial charge in [-0.15, -0.1) is 5.10 Å². The molecule has 2 aromatic heterocycles. The van der Waals surface area contributed by atoms with Gasteiger partial charge < -0.3 is 5.32 Å². The number of hydrogen-bond acceptors (Lipinski definition) is 4. The fourth-order valence-electron chi connectivity index (χ4n) is 1.61. The van der Waals surface area contributed by atoms with Crippen molar-refractivity contribution in [3.8, 4) is 0 Å². The average Bonchev–Trinajstić information content (AvgIpc) is 2.68. The lowest BCUT2D eigenvalue weighted by Crippen LogP contribution is -2.29. The molecular formula is C11H10F3N5O2. The summed E-state index contributed by atoms with van der Waals surface area (Å²) in [4.78, 5) is 27.0. The van der Waals surface area contributed by atoms with Crippen LogP contribution in [0.2, 0.25) is 0 Å². The Balaban J connectivity index is 2.17. The van der Waals surface area contributed by atoms with Gasteiger partial charge in [-0.2, -0.15) is 13.2 Å². The Hall–Kier alpha value is -2.65. The minimum Gasteiger partial charge on any atom is -0.323 e. The molecule has 0 saturated carbocycles. The normalized spacial score (nSPS) is 11.4. The molecule has 0 bridgehead atoms. The van der Waals surface area contributed by atoms with Crippen molar-refractivity contribution >= 4 is 11.6 Å². The number of halogens is 3. The van der Waals surface area contributed by atoms with Crippen molar-refractivity contribution in [2.75, 3.05) is 5.32 Å². The zero-order valence-electron chi connectivity index (χ0n) is 10.8. The summed E-state index contributed by atoms with van der Waals surface area (Å²) in [5, 5.41) is 5.52. The summed E-state index contributed by atoms with van der Waals surface area (Å²) < 4.78 is 38.5. The lowest BCUT2D eigenvalue weighted by Gasteiger charge is -2.04. The molecule has 10 heteroatoms. The quantitative estimate of drug-likeness (QED) is 0.901. The molecule has 0 fully saturated rings. The maximum absolute atomic E-state index is 12.6. The van der Waals surface area contributed by atoms with E-state index in [0.717, 1.165) is 7.05 Å².